The number of amides is 1. The first-order valence-corrected chi connectivity index (χ1v) is 6.56. The maximum atomic E-state index is 11.7. The third-order valence-corrected chi connectivity index (χ3v) is 2.98. The first-order valence-electron chi connectivity index (χ1n) is 6.56. The molecule has 1 aromatic rings. The van der Waals surface area contributed by atoms with Crippen molar-refractivity contribution in [3.8, 4) is 0 Å². The molecule has 0 aliphatic heterocycles. The van der Waals surface area contributed by atoms with Gasteiger partial charge in [0.25, 0.3) is 11.6 Å². The van der Waals surface area contributed by atoms with Crippen molar-refractivity contribution < 1.29 is 19.2 Å². The summed E-state index contributed by atoms with van der Waals surface area (Å²) >= 11 is 0. The van der Waals surface area contributed by atoms with Gasteiger partial charge in [0, 0.05) is 6.07 Å². The molecule has 0 spiro atoms. The fourth-order valence-electron chi connectivity index (χ4n) is 1.53. The third kappa shape index (κ3) is 4.87. The molecule has 0 saturated carbocycles. The van der Waals surface area contributed by atoms with Crippen molar-refractivity contribution in [2.24, 2.45) is 5.92 Å². The van der Waals surface area contributed by atoms with E-state index in [9.17, 15) is 19.7 Å². The maximum Gasteiger partial charge on any atom is 0.309 e. The van der Waals surface area contributed by atoms with Gasteiger partial charge in [-0.3, -0.25) is 19.7 Å². The van der Waals surface area contributed by atoms with Gasteiger partial charge in [0.15, 0.2) is 6.61 Å². The highest BCUT2D eigenvalue weighted by Gasteiger charge is 2.18. The van der Waals surface area contributed by atoms with Crippen LogP contribution in [0, 0.1) is 23.0 Å². The molecule has 0 aliphatic rings. The van der Waals surface area contributed by atoms with E-state index in [1.54, 1.807) is 19.9 Å². The van der Waals surface area contributed by atoms with Crippen LogP contribution in [0.2, 0.25) is 0 Å². The van der Waals surface area contributed by atoms with Crippen molar-refractivity contribution in [2.75, 3.05) is 11.9 Å². The minimum atomic E-state index is -0.612. The number of esters is 1. The highest BCUT2D eigenvalue weighted by atomic mass is 16.6. The van der Waals surface area contributed by atoms with E-state index < -0.39 is 23.4 Å². The fraction of sp³-hybridized carbons (Fsp3) is 0.429. The van der Waals surface area contributed by atoms with E-state index in [0.717, 1.165) is 0 Å². The van der Waals surface area contributed by atoms with Crippen LogP contribution in [0.1, 0.15) is 25.8 Å². The summed E-state index contributed by atoms with van der Waals surface area (Å²) < 4.78 is 4.83. The van der Waals surface area contributed by atoms with Gasteiger partial charge in [-0.1, -0.05) is 19.9 Å². The molecule has 0 heterocycles. The Morgan fingerprint density at radius 3 is 2.67 bits per heavy atom. The molecule has 0 saturated heterocycles. The molecule has 0 fully saturated rings. The average Bonchev–Trinajstić information content (AvgIpc) is 2.45. The van der Waals surface area contributed by atoms with E-state index in [0.29, 0.717) is 12.0 Å². The number of benzene rings is 1. The van der Waals surface area contributed by atoms with E-state index in [2.05, 4.69) is 5.32 Å². The molecule has 1 aromatic carbocycles. The zero-order valence-electron chi connectivity index (χ0n) is 12.2. The Bertz CT molecular complexity index is 556. The Balaban J connectivity index is 2.67. The van der Waals surface area contributed by atoms with Gasteiger partial charge in [0.05, 0.1) is 10.8 Å². The van der Waals surface area contributed by atoms with E-state index in [-0.39, 0.29) is 17.3 Å². The predicted molar refractivity (Wildman–Crippen MR) is 76.9 cm³/mol. The SMILES string of the molecule is CCC(C)C(=O)OCC(=O)Nc1ccc(C)cc1[N+](=O)[O-]. The summed E-state index contributed by atoms with van der Waals surface area (Å²) in [5.74, 6) is -1.36. The number of hydrogen-bond acceptors (Lipinski definition) is 5. The summed E-state index contributed by atoms with van der Waals surface area (Å²) in [6.07, 6.45) is 0.615. The number of hydrogen-bond donors (Lipinski definition) is 1. The van der Waals surface area contributed by atoms with Gasteiger partial charge >= 0.3 is 5.97 Å². The Kier molecular flexibility index (Phi) is 5.83. The summed E-state index contributed by atoms with van der Waals surface area (Å²) in [5, 5.41) is 13.3. The molecule has 0 aliphatic carbocycles. The average molecular weight is 294 g/mol. The van der Waals surface area contributed by atoms with Crippen LogP contribution in [-0.2, 0) is 14.3 Å². The number of rotatable bonds is 6. The Labute approximate surface area is 122 Å². The van der Waals surface area contributed by atoms with Gasteiger partial charge in [-0.2, -0.15) is 0 Å². The molecule has 0 bridgehead atoms. The number of ether oxygens (including phenoxy) is 1. The number of nitro groups is 1. The lowest BCUT2D eigenvalue weighted by Crippen LogP contribution is -2.23. The van der Waals surface area contributed by atoms with E-state index in [4.69, 9.17) is 4.74 Å². The number of nitro benzene ring substituents is 1. The van der Waals surface area contributed by atoms with Crippen LogP contribution >= 0.6 is 0 Å². The van der Waals surface area contributed by atoms with Gasteiger partial charge in [0.2, 0.25) is 0 Å². The first-order chi connectivity index (χ1) is 9.85. The van der Waals surface area contributed by atoms with Crippen LogP contribution in [0.4, 0.5) is 11.4 Å². The summed E-state index contributed by atoms with van der Waals surface area (Å²) in [6.45, 7) is 4.79. The molecule has 1 rings (SSSR count). The molecule has 114 valence electrons. The highest BCUT2D eigenvalue weighted by Crippen LogP contribution is 2.25. The molecule has 0 radical (unpaired) electrons. The maximum absolute atomic E-state index is 11.7. The van der Waals surface area contributed by atoms with Crippen molar-refractivity contribution in [3.63, 3.8) is 0 Å². The topological polar surface area (TPSA) is 98.5 Å². The van der Waals surface area contributed by atoms with Crippen LogP contribution in [-0.4, -0.2) is 23.4 Å². The van der Waals surface area contributed by atoms with Crippen molar-refractivity contribution in [3.05, 3.63) is 33.9 Å². The summed E-state index contributed by atoms with van der Waals surface area (Å²) in [4.78, 5) is 33.5. The monoisotopic (exact) mass is 294 g/mol. The van der Waals surface area contributed by atoms with Crippen LogP contribution in [0.25, 0.3) is 0 Å². The van der Waals surface area contributed by atoms with E-state index >= 15 is 0 Å². The van der Waals surface area contributed by atoms with Crippen LogP contribution in [0.3, 0.4) is 0 Å². The van der Waals surface area contributed by atoms with Crippen molar-refractivity contribution in [2.45, 2.75) is 27.2 Å². The minimum absolute atomic E-state index is 0.0789. The van der Waals surface area contributed by atoms with Crippen molar-refractivity contribution in [1.29, 1.82) is 0 Å². The smallest absolute Gasteiger partial charge is 0.309 e. The number of carbonyl (C=O) groups is 2. The Morgan fingerprint density at radius 2 is 2.10 bits per heavy atom. The van der Waals surface area contributed by atoms with Crippen LogP contribution < -0.4 is 5.32 Å². The second kappa shape index (κ2) is 7.37. The summed E-state index contributed by atoms with van der Waals surface area (Å²) in [5.41, 5.74) is 0.592. The van der Waals surface area contributed by atoms with E-state index in [1.165, 1.54) is 12.1 Å². The summed E-state index contributed by atoms with van der Waals surface area (Å²) in [7, 11) is 0. The molecular formula is C14H18N2O5. The van der Waals surface area contributed by atoms with Crippen molar-refractivity contribution >= 4 is 23.3 Å². The molecule has 1 unspecified atom stereocenters. The predicted octanol–water partition coefficient (Wildman–Crippen LogP) is 2.43. The van der Waals surface area contributed by atoms with Crippen LogP contribution in [0.15, 0.2) is 18.2 Å². The van der Waals surface area contributed by atoms with Gasteiger partial charge in [-0.05, 0) is 25.0 Å². The van der Waals surface area contributed by atoms with Gasteiger partial charge in [0.1, 0.15) is 5.69 Å². The van der Waals surface area contributed by atoms with Gasteiger partial charge < -0.3 is 10.1 Å². The Morgan fingerprint density at radius 1 is 1.43 bits per heavy atom. The second-order valence-electron chi connectivity index (χ2n) is 4.74. The van der Waals surface area contributed by atoms with Gasteiger partial charge in [-0.15, -0.1) is 0 Å². The quantitative estimate of drug-likeness (QED) is 0.493. The molecule has 7 heteroatoms. The fourth-order valence-corrected chi connectivity index (χ4v) is 1.53. The normalized spacial score (nSPS) is 11.6. The van der Waals surface area contributed by atoms with Crippen molar-refractivity contribution in [1.82, 2.24) is 0 Å². The molecule has 7 nitrogen and oxygen atoms in total. The van der Waals surface area contributed by atoms with Crippen LogP contribution in [0.5, 0.6) is 0 Å². The number of carbonyl (C=O) groups excluding carboxylic acids is 2. The zero-order valence-corrected chi connectivity index (χ0v) is 12.2. The minimum Gasteiger partial charge on any atom is -0.455 e. The number of aryl methyl sites for hydroxylation is 1. The zero-order chi connectivity index (χ0) is 16.0. The summed E-state index contributed by atoms with van der Waals surface area (Å²) in [6, 6.07) is 4.45. The standard InChI is InChI=1S/C14H18N2O5/c1-4-10(3)14(18)21-8-13(17)15-11-6-5-9(2)7-12(11)16(19)20/h5-7,10H,4,8H2,1-3H3,(H,15,17). The first kappa shape index (κ1) is 16.6. The molecular weight excluding hydrogens is 276 g/mol. The van der Waals surface area contributed by atoms with E-state index in [1.807, 2.05) is 6.92 Å². The lowest BCUT2D eigenvalue weighted by Gasteiger charge is -2.10. The second-order valence-corrected chi connectivity index (χ2v) is 4.74. The largest absolute Gasteiger partial charge is 0.455 e. The number of nitrogens with one attached hydrogen (secondary N) is 1. The molecule has 1 amide bonds. The Hall–Kier alpha value is -2.44. The third-order valence-electron chi connectivity index (χ3n) is 2.98. The molecule has 21 heavy (non-hydrogen) atoms. The molecule has 1 N–H and O–H groups in total. The van der Waals surface area contributed by atoms with Gasteiger partial charge in [-0.25, -0.2) is 0 Å². The molecule has 1 atom stereocenters. The number of anilines is 1. The number of nitrogens with zero attached hydrogens (tertiary/aromatic N) is 1. The highest BCUT2D eigenvalue weighted by molar-refractivity contribution is 5.95. The lowest BCUT2D eigenvalue weighted by atomic mass is 10.1. The lowest BCUT2D eigenvalue weighted by molar-refractivity contribution is -0.384. The molecule has 0 aromatic heterocycles.